The van der Waals surface area contributed by atoms with E-state index in [-0.39, 0.29) is 6.61 Å². The Morgan fingerprint density at radius 3 is 2.30 bits per heavy atom. The van der Waals surface area contributed by atoms with Gasteiger partial charge in [-0.3, -0.25) is 4.52 Å². The first kappa shape index (κ1) is 17.9. The molecular weight excluding hydrogens is 299 g/mol. The molecule has 1 saturated heterocycles. The molecule has 1 rings (SSSR count). The molecule has 11 heteroatoms. The van der Waals surface area contributed by atoms with Crippen LogP contribution < -0.4 is 0 Å². The molecule has 1 fully saturated rings. The minimum Gasteiger partial charge on any atom is -0.388 e. The van der Waals surface area contributed by atoms with E-state index in [2.05, 4.69) is 4.52 Å². The van der Waals surface area contributed by atoms with Gasteiger partial charge in [-0.1, -0.05) is 0 Å². The van der Waals surface area contributed by atoms with Gasteiger partial charge in [-0.25, -0.2) is 4.57 Å². The molecule has 0 radical (unpaired) electrons. The second-order valence-electron chi connectivity index (χ2n) is 4.25. The normalized spacial score (nSPS) is 36.9. The molecule has 120 valence electrons. The van der Waals surface area contributed by atoms with Crippen molar-refractivity contribution in [3.63, 3.8) is 0 Å². The van der Waals surface area contributed by atoms with Crippen LogP contribution in [0.15, 0.2) is 0 Å². The molecule has 1 heterocycles. The van der Waals surface area contributed by atoms with Crippen molar-refractivity contribution < 1.29 is 48.8 Å². The van der Waals surface area contributed by atoms with Crippen LogP contribution in [-0.4, -0.2) is 80.2 Å². The van der Waals surface area contributed by atoms with Crippen molar-refractivity contribution >= 4 is 7.82 Å². The summed E-state index contributed by atoms with van der Waals surface area (Å²) in [5.74, 6) is 0. The highest BCUT2D eigenvalue weighted by molar-refractivity contribution is 7.46. The van der Waals surface area contributed by atoms with E-state index >= 15 is 0 Å². The Morgan fingerprint density at radius 1 is 1.20 bits per heavy atom. The number of hydrogen-bond acceptors (Lipinski definition) is 8. The van der Waals surface area contributed by atoms with Crippen LogP contribution >= 0.6 is 7.82 Å². The van der Waals surface area contributed by atoms with Crippen LogP contribution in [0.5, 0.6) is 0 Å². The summed E-state index contributed by atoms with van der Waals surface area (Å²) in [5, 5.41) is 38.6. The number of hydrogen-bond donors (Lipinski definition) is 6. The smallest absolute Gasteiger partial charge is 0.388 e. The second-order valence-corrected chi connectivity index (χ2v) is 5.49. The standard InChI is InChI=1S/C9H19O10P/c1-2-17-9-7(13)5(11)6(12)8(19-9)4(10)3-18-20(14,15)16/h4-13H,2-3H2,1H3,(H2,14,15,16)/t4-,5?,6+,7-,8?,9-/m1/s1. The highest BCUT2D eigenvalue weighted by Crippen LogP contribution is 2.36. The lowest BCUT2D eigenvalue weighted by molar-refractivity contribution is -0.310. The number of rotatable bonds is 6. The molecule has 1 aliphatic rings. The predicted molar refractivity (Wildman–Crippen MR) is 62.3 cm³/mol. The van der Waals surface area contributed by atoms with Crippen LogP contribution in [0.1, 0.15) is 6.92 Å². The summed E-state index contributed by atoms with van der Waals surface area (Å²) in [6, 6.07) is 0. The van der Waals surface area contributed by atoms with Crippen LogP contribution in [0.2, 0.25) is 0 Å². The summed E-state index contributed by atoms with van der Waals surface area (Å²) >= 11 is 0. The summed E-state index contributed by atoms with van der Waals surface area (Å²) < 4.78 is 24.7. The van der Waals surface area contributed by atoms with Crippen LogP contribution in [-0.2, 0) is 18.6 Å². The van der Waals surface area contributed by atoms with Gasteiger partial charge in [-0.05, 0) is 6.92 Å². The van der Waals surface area contributed by atoms with E-state index in [9.17, 15) is 25.0 Å². The minimum absolute atomic E-state index is 0.145. The molecule has 0 saturated carbocycles. The summed E-state index contributed by atoms with van der Waals surface area (Å²) in [6.45, 7) is 0.926. The van der Waals surface area contributed by atoms with Crippen LogP contribution in [0, 0.1) is 0 Å². The Kier molecular flexibility index (Phi) is 6.48. The number of aliphatic hydroxyl groups excluding tert-OH is 4. The van der Waals surface area contributed by atoms with Crippen molar-refractivity contribution in [1.29, 1.82) is 0 Å². The summed E-state index contributed by atoms with van der Waals surface area (Å²) in [7, 11) is -4.79. The largest absolute Gasteiger partial charge is 0.469 e. The minimum atomic E-state index is -4.79. The van der Waals surface area contributed by atoms with Crippen molar-refractivity contribution in [1.82, 2.24) is 0 Å². The zero-order chi connectivity index (χ0) is 15.5. The Bertz CT molecular complexity index is 346. The third kappa shape index (κ3) is 4.71. The van der Waals surface area contributed by atoms with E-state index in [4.69, 9.17) is 19.3 Å². The van der Waals surface area contributed by atoms with E-state index in [1.54, 1.807) is 6.92 Å². The molecule has 20 heavy (non-hydrogen) atoms. The van der Waals surface area contributed by atoms with Crippen LogP contribution in [0.25, 0.3) is 0 Å². The van der Waals surface area contributed by atoms with E-state index < -0.39 is 51.2 Å². The number of phosphoric ester groups is 1. The van der Waals surface area contributed by atoms with Gasteiger partial charge in [0.15, 0.2) is 6.29 Å². The third-order valence-corrected chi connectivity index (χ3v) is 3.22. The summed E-state index contributed by atoms with van der Waals surface area (Å²) in [5.41, 5.74) is 0. The molecule has 0 aromatic heterocycles. The van der Waals surface area contributed by atoms with Gasteiger partial charge in [-0.15, -0.1) is 0 Å². The molecule has 0 aromatic carbocycles. The third-order valence-electron chi connectivity index (χ3n) is 2.73. The Labute approximate surface area is 114 Å². The first-order chi connectivity index (χ1) is 9.17. The Morgan fingerprint density at radius 2 is 1.80 bits per heavy atom. The van der Waals surface area contributed by atoms with Gasteiger partial charge >= 0.3 is 7.82 Å². The highest BCUT2D eigenvalue weighted by atomic mass is 31.2. The van der Waals surface area contributed by atoms with Gasteiger partial charge in [0, 0.05) is 6.61 Å². The number of phosphoric acid groups is 1. The lowest BCUT2D eigenvalue weighted by atomic mass is 9.95. The fourth-order valence-corrected chi connectivity index (χ4v) is 2.11. The zero-order valence-corrected chi connectivity index (χ0v) is 11.5. The predicted octanol–water partition coefficient (Wildman–Crippen LogP) is -2.70. The fraction of sp³-hybridized carbons (Fsp3) is 1.00. The lowest BCUT2D eigenvalue weighted by Crippen LogP contribution is -2.61. The molecule has 0 spiro atoms. The second kappa shape index (κ2) is 7.23. The van der Waals surface area contributed by atoms with Gasteiger partial charge in [0.05, 0.1) is 6.61 Å². The average Bonchev–Trinajstić information content (AvgIpc) is 2.36. The van der Waals surface area contributed by atoms with Gasteiger partial charge in [0.1, 0.15) is 30.5 Å². The Balaban J connectivity index is 2.69. The van der Waals surface area contributed by atoms with Crippen molar-refractivity contribution in [2.75, 3.05) is 13.2 Å². The summed E-state index contributed by atoms with van der Waals surface area (Å²) in [4.78, 5) is 17.0. The van der Waals surface area contributed by atoms with E-state index in [1.165, 1.54) is 0 Å². The molecular formula is C9H19O10P. The zero-order valence-electron chi connectivity index (χ0n) is 10.6. The maximum Gasteiger partial charge on any atom is 0.469 e. The van der Waals surface area contributed by atoms with Crippen molar-refractivity contribution in [2.45, 2.75) is 43.7 Å². The molecule has 10 nitrogen and oxygen atoms in total. The van der Waals surface area contributed by atoms with Crippen LogP contribution in [0.3, 0.4) is 0 Å². The van der Waals surface area contributed by atoms with Gasteiger partial charge in [0.2, 0.25) is 0 Å². The average molecular weight is 318 g/mol. The van der Waals surface area contributed by atoms with Gasteiger partial charge in [0.25, 0.3) is 0 Å². The quantitative estimate of drug-likeness (QED) is 0.284. The maximum absolute atomic E-state index is 10.5. The maximum atomic E-state index is 10.5. The monoisotopic (exact) mass is 318 g/mol. The summed E-state index contributed by atoms with van der Waals surface area (Å²) in [6.07, 6.45) is -9.18. The first-order valence-corrected chi connectivity index (χ1v) is 7.39. The molecule has 6 N–H and O–H groups in total. The SMILES string of the molecule is CCO[C@@H]1OC([C@H](O)COP(=O)(O)O)[C@@H](O)C(O)[C@H]1O. The molecule has 6 atom stereocenters. The van der Waals surface area contributed by atoms with Crippen molar-refractivity contribution in [3.05, 3.63) is 0 Å². The van der Waals surface area contributed by atoms with E-state index in [1.807, 2.05) is 0 Å². The Hall–Kier alpha value is -0.130. The molecule has 0 aromatic rings. The van der Waals surface area contributed by atoms with E-state index in [0.717, 1.165) is 0 Å². The molecule has 2 unspecified atom stereocenters. The molecule has 1 aliphatic heterocycles. The number of aliphatic hydroxyl groups is 4. The lowest BCUT2D eigenvalue weighted by Gasteiger charge is -2.41. The topological polar surface area (TPSA) is 166 Å². The number of ether oxygens (including phenoxy) is 2. The molecule has 0 amide bonds. The first-order valence-electron chi connectivity index (χ1n) is 5.86. The molecule has 0 aliphatic carbocycles. The highest BCUT2D eigenvalue weighted by Gasteiger charge is 2.47. The van der Waals surface area contributed by atoms with Crippen molar-refractivity contribution in [2.24, 2.45) is 0 Å². The molecule has 0 bridgehead atoms. The van der Waals surface area contributed by atoms with Crippen molar-refractivity contribution in [3.8, 4) is 0 Å². The van der Waals surface area contributed by atoms with E-state index in [0.29, 0.717) is 0 Å². The van der Waals surface area contributed by atoms with Gasteiger partial charge in [-0.2, -0.15) is 0 Å². The van der Waals surface area contributed by atoms with Crippen LogP contribution in [0.4, 0.5) is 0 Å². The van der Waals surface area contributed by atoms with Gasteiger partial charge < -0.3 is 39.7 Å². The fourth-order valence-electron chi connectivity index (χ4n) is 1.76.